The summed E-state index contributed by atoms with van der Waals surface area (Å²) in [6, 6.07) is 11.1. The second kappa shape index (κ2) is 8.55. The van der Waals surface area contributed by atoms with Crippen LogP contribution >= 0.6 is 0 Å². The molecule has 4 nitrogen and oxygen atoms in total. The fourth-order valence-corrected chi connectivity index (χ4v) is 2.61. The van der Waals surface area contributed by atoms with Gasteiger partial charge in [0.2, 0.25) is 0 Å². The molecule has 1 unspecified atom stereocenters. The summed E-state index contributed by atoms with van der Waals surface area (Å²) in [4.78, 5) is 7.08. The molecule has 1 aromatic rings. The van der Waals surface area contributed by atoms with Crippen LogP contribution in [0.4, 0.5) is 5.69 Å². The van der Waals surface area contributed by atoms with Gasteiger partial charge in [-0.3, -0.25) is 4.99 Å². The second-order valence-corrected chi connectivity index (χ2v) is 5.53. The number of nitrogens with one attached hydrogen (secondary N) is 2. The number of para-hydroxylation sites is 1. The summed E-state index contributed by atoms with van der Waals surface area (Å²) in [5.41, 5.74) is 1.31. The quantitative estimate of drug-likeness (QED) is 0.480. The monoisotopic (exact) mass is 288 g/mol. The van der Waals surface area contributed by atoms with Crippen LogP contribution in [-0.2, 0) is 0 Å². The van der Waals surface area contributed by atoms with Gasteiger partial charge in [-0.15, -0.1) is 0 Å². The highest BCUT2D eigenvalue weighted by atomic mass is 15.2. The van der Waals surface area contributed by atoms with Gasteiger partial charge in [-0.2, -0.15) is 0 Å². The minimum absolute atomic E-state index is 0.477. The largest absolute Gasteiger partial charge is 0.369 e. The number of anilines is 1. The molecule has 21 heavy (non-hydrogen) atoms. The van der Waals surface area contributed by atoms with Crippen molar-refractivity contribution in [3.63, 3.8) is 0 Å². The normalized spacial score (nSPS) is 18.9. The third-order valence-corrected chi connectivity index (χ3v) is 3.78. The van der Waals surface area contributed by atoms with Gasteiger partial charge in [0.05, 0.1) is 0 Å². The molecule has 0 amide bonds. The summed E-state index contributed by atoms with van der Waals surface area (Å²) in [7, 11) is 0. The topological polar surface area (TPSA) is 39.7 Å². The maximum absolute atomic E-state index is 4.64. The number of hydrogen-bond acceptors (Lipinski definition) is 2. The van der Waals surface area contributed by atoms with Gasteiger partial charge < -0.3 is 15.5 Å². The Morgan fingerprint density at radius 1 is 1.29 bits per heavy atom. The third-order valence-electron chi connectivity index (χ3n) is 3.78. The zero-order valence-corrected chi connectivity index (χ0v) is 13.3. The molecule has 0 radical (unpaired) electrons. The number of unbranched alkanes of at least 4 members (excludes halogenated alkanes) is 1. The van der Waals surface area contributed by atoms with E-state index in [4.69, 9.17) is 0 Å². The lowest BCUT2D eigenvalue weighted by Crippen LogP contribution is -2.44. The molecule has 1 aliphatic rings. The van der Waals surface area contributed by atoms with Crippen molar-refractivity contribution in [1.29, 1.82) is 0 Å². The first-order chi connectivity index (χ1) is 10.3. The van der Waals surface area contributed by atoms with Crippen molar-refractivity contribution >= 4 is 11.6 Å². The molecule has 1 aliphatic heterocycles. The summed E-state index contributed by atoms with van der Waals surface area (Å²) < 4.78 is 0. The predicted molar refractivity (Wildman–Crippen MR) is 91.1 cm³/mol. The van der Waals surface area contributed by atoms with E-state index in [1.807, 2.05) is 0 Å². The van der Waals surface area contributed by atoms with Crippen LogP contribution < -0.4 is 15.5 Å². The molecular weight excluding hydrogens is 260 g/mol. The first-order valence-corrected chi connectivity index (χ1v) is 8.18. The molecule has 1 fully saturated rings. The molecule has 2 N–H and O–H groups in total. The van der Waals surface area contributed by atoms with E-state index in [1.165, 1.54) is 12.1 Å². The average molecular weight is 288 g/mol. The molecule has 2 rings (SSSR count). The van der Waals surface area contributed by atoms with Crippen molar-refractivity contribution in [3.05, 3.63) is 30.3 Å². The molecule has 1 heterocycles. The molecule has 0 saturated carbocycles. The van der Waals surface area contributed by atoms with Gasteiger partial charge in [-0.25, -0.2) is 0 Å². The van der Waals surface area contributed by atoms with Gasteiger partial charge in [0.15, 0.2) is 5.96 Å². The minimum Gasteiger partial charge on any atom is -0.369 e. The molecule has 4 heteroatoms. The van der Waals surface area contributed by atoms with Crippen LogP contribution in [0.2, 0.25) is 0 Å². The van der Waals surface area contributed by atoms with E-state index >= 15 is 0 Å². The molecule has 0 spiro atoms. The SMILES string of the molecule is CCCCN=C(NCC)NC1CCN(c2ccccc2)C1. The van der Waals surface area contributed by atoms with E-state index in [0.717, 1.165) is 45.0 Å². The lowest BCUT2D eigenvalue weighted by atomic mass is 10.2. The van der Waals surface area contributed by atoms with Crippen molar-refractivity contribution in [2.45, 2.75) is 39.2 Å². The number of benzene rings is 1. The van der Waals surface area contributed by atoms with Crippen LogP contribution in [0, 0.1) is 0 Å². The van der Waals surface area contributed by atoms with Gasteiger partial charge in [0, 0.05) is 37.9 Å². The number of hydrogen-bond donors (Lipinski definition) is 2. The highest BCUT2D eigenvalue weighted by Crippen LogP contribution is 2.19. The Morgan fingerprint density at radius 3 is 2.81 bits per heavy atom. The summed E-state index contributed by atoms with van der Waals surface area (Å²) >= 11 is 0. The summed E-state index contributed by atoms with van der Waals surface area (Å²) in [5.74, 6) is 0.964. The van der Waals surface area contributed by atoms with Gasteiger partial charge in [0.1, 0.15) is 0 Å². The standard InChI is InChI=1S/C17H28N4/c1-3-5-12-19-17(18-4-2)20-15-11-13-21(14-15)16-9-7-6-8-10-16/h6-10,15H,3-5,11-14H2,1-2H3,(H2,18,19,20). The minimum atomic E-state index is 0.477. The van der Waals surface area contributed by atoms with Crippen molar-refractivity contribution in [2.24, 2.45) is 4.99 Å². The summed E-state index contributed by atoms with van der Waals surface area (Å²) in [5, 5.41) is 6.92. The highest BCUT2D eigenvalue weighted by molar-refractivity contribution is 5.80. The zero-order chi connectivity index (χ0) is 14.9. The van der Waals surface area contributed by atoms with Crippen LogP contribution in [0.15, 0.2) is 35.3 Å². The van der Waals surface area contributed by atoms with Crippen molar-refractivity contribution < 1.29 is 0 Å². The molecule has 116 valence electrons. The van der Waals surface area contributed by atoms with Crippen molar-refractivity contribution in [1.82, 2.24) is 10.6 Å². The van der Waals surface area contributed by atoms with Gasteiger partial charge in [0.25, 0.3) is 0 Å². The predicted octanol–water partition coefficient (Wildman–Crippen LogP) is 2.62. The van der Waals surface area contributed by atoms with Crippen molar-refractivity contribution in [3.8, 4) is 0 Å². The Morgan fingerprint density at radius 2 is 2.10 bits per heavy atom. The Kier molecular flexibility index (Phi) is 6.38. The van der Waals surface area contributed by atoms with Crippen LogP contribution in [0.5, 0.6) is 0 Å². The van der Waals surface area contributed by atoms with Crippen LogP contribution in [-0.4, -0.2) is 38.2 Å². The Balaban J connectivity index is 1.86. The Labute approximate surface area is 128 Å². The number of aliphatic imine (C=N–C) groups is 1. The zero-order valence-electron chi connectivity index (χ0n) is 13.3. The van der Waals surface area contributed by atoms with Crippen LogP contribution in [0.1, 0.15) is 33.1 Å². The molecule has 1 aromatic carbocycles. The van der Waals surface area contributed by atoms with E-state index in [-0.39, 0.29) is 0 Å². The summed E-state index contributed by atoms with van der Waals surface area (Å²) in [6.07, 6.45) is 3.50. The van der Waals surface area contributed by atoms with E-state index in [2.05, 4.69) is 64.7 Å². The Bertz CT molecular complexity index is 430. The fraction of sp³-hybridized carbons (Fsp3) is 0.588. The number of nitrogens with zero attached hydrogens (tertiary/aromatic N) is 2. The second-order valence-electron chi connectivity index (χ2n) is 5.53. The van der Waals surface area contributed by atoms with E-state index in [9.17, 15) is 0 Å². The van der Waals surface area contributed by atoms with Gasteiger partial charge in [-0.05, 0) is 31.9 Å². The third kappa shape index (κ3) is 4.96. The van der Waals surface area contributed by atoms with Gasteiger partial charge in [-0.1, -0.05) is 31.5 Å². The smallest absolute Gasteiger partial charge is 0.191 e. The lowest BCUT2D eigenvalue weighted by Gasteiger charge is -2.20. The molecule has 1 atom stereocenters. The van der Waals surface area contributed by atoms with Crippen molar-refractivity contribution in [2.75, 3.05) is 31.1 Å². The van der Waals surface area contributed by atoms with Crippen LogP contribution in [0.25, 0.3) is 0 Å². The van der Waals surface area contributed by atoms with Gasteiger partial charge >= 0.3 is 0 Å². The summed E-state index contributed by atoms with van der Waals surface area (Å²) in [6.45, 7) is 8.28. The number of guanidine groups is 1. The fourth-order valence-electron chi connectivity index (χ4n) is 2.61. The van der Waals surface area contributed by atoms with Crippen LogP contribution in [0.3, 0.4) is 0 Å². The molecule has 1 saturated heterocycles. The highest BCUT2D eigenvalue weighted by Gasteiger charge is 2.23. The molecule has 0 aromatic heterocycles. The Hall–Kier alpha value is -1.71. The van der Waals surface area contributed by atoms with E-state index in [1.54, 1.807) is 0 Å². The first-order valence-electron chi connectivity index (χ1n) is 8.18. The average Bonchev–Trinajstić information content (AvgIpc) is 2.97. The number of rotatable bonds is 6. The van der Waals surface area contributed by atoms with E-state index < -0.39 is 0 Å². The maximum Gasteiger partial charge on any atom is 0.191 e. The molecule has 0 aliphatic carbocycles. The maximum atomic E-state index is 4.64. The first kappa shape index (κ1) is 15.7. The lowest BCUT2D eigenvalue weighted by molar-refractivity contribution is 0.647. The molecule has 0 bridgehead atoms. The van der Waals surface area contributed by atoms with E-state index in [0.29, 0.717) is 6.04 Å². The molecular formula is C17H28N4.